The number of ether oxygens (including phenoxy) is 1. The first kappa shape index (κ1) is 18.2. The predicted octanol–water partition coefficient (Wildman–Crippen LogP) is 2.45. The van der Waals surface area contributed by atoms with Crippen molar-refractivity contribution in [1.29, 1.82) is 0 Å². The Bertz CT molecular complexity index is 818. The van der Waals surface area contributed by atoms with Crippen LogP contribution in [-0.4, -0.2) is 53.5 Å². The number of fused-ring (bicyclic) bond motifs is 1. The van der Waals surface area contributed by atoms with Crippen molar-refractivity contribution in [3.63, 3.8) is 0 Å². The second kappa shape index (κ2) is 6.48. The zero-order chi connectivity index (χ0) is 19.3. The molecule has 5 nitrogen and oxygen atoms in total. The molecule has 2 fully saturated rings. The summed E-state index contributed by atoms with van der Waals surface area (Å²) in [7, 11) is 1.82. The van der Waals surface area contributed by atoms with E-state index in [2.05, 4.69) is 39.0 Å². The lowest BCUT2D eigenvalue weighted by Gasteiger charge is -2.27. The van der Waals surface area contributed by atoms with Gasteiger partial charge in [0.15, 0.2) is 0 Å². The summed E-state index contributed by atoms with van der Waals surface area (Å²) in [5, 5.41) is 0. The molecule has 1 aromatic rings. The number of likely N-dealkylation sites (tertiary alicyclic amines) is 1. The normalized spacial score (nSPS) is 30.9. The molecule has 0 unspecified atom stereocenters. The molecule has 5 heteroatoms. The van der Waals surface area contributed by atoms with E-state index in [-0.39, 0.29) is 17.9 Å². The second-order valence-electron chi connectivity index (χ2n) is 8.27. The summed E-state index contributed by atoms with van der Waals surface area (Å²) in [5.41, 5.74) is 2.96. The lowest BCUT2D eigenvalue weighted by atomic mass is 9.76. The monoisotopic (exact) mass is 368 g/mol. The molecule has 1 aromatic carbocycles. The molecule has 27 heavy (non-hydrogen) atoms. The number of benzene rings is 1. The smallest absolute Gasteiger partial charge is 0.230 e. The minimum Gasteiger partial charge on any atom is -0.360 e. The van der Waals surface area contributed by atoms with E-state index in [9.17, 15) is 9.59 Å². The summed E-state index contributed by atoms with van der Waals surface area (Å²) in [6.45, 7) is 8.01. The number of hydrogen-bond donors (Lipinski definition) is 0. The zero-order valence-electron chi connectivity index (χ0n) is 16.6. The van der Waals surface area contributed by atoms with Gasteiger partial charge in [-0.15, -0.1) is 0 Å². The molecule has 0 aromatic heterocycles. The van der Waals surface area contributed by atoms with E-state index in [4.69, 9.17) is 4.74 Å². The highest BCUT2D eigenvalue weighted by molar-refractivity contribution is 5.93. The van der Waals surface area contributed by atoms with Gasteiger partial charge in [0.1, 0.15) is 5.60 Å². The Morgan fingerprint density at radius 1 is 1.33 bits per heavy atom. The first-order valence-corrected chi connectivity index (χ1v) is 9.83. The van der Waals surface area contributed by atoms with Gasteiger partial charge >= 0.3 is 0 Å². The fraction of sp³-hybridized carbons (Fsp3) is 0.545. The van der Waals surface area contributed by atoms with Crippen LogP contribution in [0.15, 0.2) is 30.4 Å². The molecule has 0 aliphatic carbocycles. The largest absolute Gasteiger partial charge is 0.360 e. The molecule has 0 saturated carbocycles. The molecule has 2 saturated heterocycles. The van der Waals surface area contributed by atoms with Crippen LogP contribution in [0.2, 0.25) is 0 Å². The van der Waals surface area contributed by atoms with Crippen LogP contribution >= 0.6 is 0 Å². The highest BCUT2D eigenvalue weighted by Crippen LogP contribution is 2.52. The van der Waals surface area contributed by atoms with E-state index in [0.717, 1.165) is 12.0 Å². The van der Waals surface area contributed by atoms with Crippen LogP contribution in [0, 0.1) is 25.7 Å². The van der Waals surface area contributed by atoms with E-state index in [1.807, 2.05) is 24.1 Å². The lowest BCUT2D eigenvalue weighted by Crippen LogP contribution is -2.44. The Labute approximate surface area is 161 Å². The molecule has 4 atom stereocenters. The standard InChI is InChI=1S/C22H28N2O3/c1-5-10-23(4)20(25)18-17-8-9-22(27-17)13-24(21(26)19(18)22)12-16-7-6-14(2)15(3)11-16/h6-9,11,17-19H,5,10,12-13H2,1-4H3/t17-,18+,19+,22-/m0/s1. The first-order chi connectivity index (χ1) is 12.9. The molecule has 1 spiro atoms. The number of nitrogens with zero attached hydrogens (tertiary/aromatic N) is 2. The quantitative estimate of drug-likeness (QED) is 0.750. The maximum Gasteiger partial charge on any atom is 0.230 e. The summed E-state index contributed by atoms with van der Waals surface area (Å²) in [5.74, 6) is -0.725. The van der Waals surface area contributed by atoms with E-state index in [1.165, 1.54) is 11.1 Å². The van der Waals surface area contributed by atoms with Crippen LogP contribution in [0.5, 0.6) is 0 Å². The van der Waals surface area contributed by atoms with E-state index in [0.29, 0.717) is 19.6 Å². The molecule has 0 radical (unpaired) electrons. The van der Waals surface area contributed by atoms with Crippen LogP contribution in [0.3, 0.4) is 0 Å². The van der Waals surface area contributed by atoms with Gasteiger partial charge in [-0.25, -0.2) is 0 Å². The fourth-order valence-electron chi connectivity index (χ4n) is 4.82. The van der Waals surface area contributed by atoms with Crippen molar-refractivity contribution in [2.75, 3.05) is 20.1 Å². The average molecular weight is 368 g/mol. The van der Waals surface area contributed by atoms with Gasteiger partial charge in [0.2, 0.25) is 11.8 Å². The Hall–Kier alpha value is -2.14. The van der Waals surface area contributed by atoms with Crippen molar-refractivity contribution < 1.29 is 14.3 Å². The highest BCUT2D eigenvalue weighted by Gasteiger charge is 2.66. The van der Waals surface area contributed by atoms with Gasteiger partial charge in [-0.3, -0.25) is 9.59 Å². The van der Waals surface area contributed by atoms with Crippen molar-refractivity contribution in [2.24, 2.45) is 11.8 Å². The summed E-state index contributed by atoms with van der Waals surface area (Å²) in [6, 6.07) is 6.31. The molecule has 144 valence electrons. The van der Waals surface area contributed by atoms with Gasteiger partial charge in [0.05, 0.1) is 24.5 Å². The minimum absolute atomic E-state index is 0.0273. The van der Waals surface area contributed by atoms with Crippen LogP contribution in [0.25, 0.3) is 0 Å². The topological polar surface area (TPSA) is 49.9 Å². The Balaban J connectivity index is 1.57. The van der Waals surface area contributed by atoms with E-state index >= 15 is 0 Å². The van der Waals surface area contributed by atoms with Crippen LogP contribution in [0.1, 0.15) is 30.0 Å². The number of amides is 2. The van der Waals surface area contributed by atoms with Crippen molar-refractivity contribution in [2.45, 2.75) is 45.4 Å². The number of aryl methyl sites for hydroxylation is 2. The summed E-state index contributed by atoms with van der Waals surface area (Å²) >= 11 is 0. The third kappa shape index (κ3) is 2.80. The zero-order valence-corrected chi connectivity index (χ0v) is 16.6. The Kier molecular flexibility index (Phi) is 4.38. The minimum atomic E-state index is -0.630. The van der Waals surface area contributed by atoms with E-state index < -0.39 is 17.4 Å². The third-order valence-corrected chi connectivity index (χ3v) is 6.34. The average Bonchev–Trinajstić information content (AvgIpc) is 3.26. The molecule has 4 rings (SSSR count). The van der Waals surface area contributed by atoms with Crippen LogP contribution in [-0.2, 0) is 20.9 Å². The van der Waals surface area contributed by atoms with Crippen LogP contribution < -0.4 is 0 Å². The van der Waals surface area contributed by atoms with Gasteiger partial charge in [0.25, 0.3) is 0 Å². The molecule has 3 heterocycles. The SMILES string of the molecule is CCCN(C)C(=O)[C@@H]1[C@@H]2C=C[C@@]3(CN(Cc4ccc(C)c(C)c4)C(=O)[C@@H]13)O2. The molecular weight excluding hydrogens is 340 g/mol. The molecule has 2 amide bonds. The van der Waals surface area contributed by atoms with Crippen LogP contribution in [0.4, 0.5) is 0 Å². The molecule has 0 N–H and O–H groups in total. The van der Waals surface area contributed by atoms with Gasteiger partial charge in [-0.2, -0.15) is 0 Å². The third-order valence-electron chi connectivity index (χ3n) is 6.34. The molecule has 3 aliphatic heterocycles. The van der Waals surface area contributed by atoms with Crippen molar-refractivity contribution in [1.82, 2.24) is 9.80 Å². The first-order valence-electron chi connectivity index (χ1n) is 9.83. The predicted molar refractivity (Wildman–Crippen MR) is 103 cm³/mol. The molecule has 3 aliphatic rings. The van der Waals surface area contributed by atoms with Crippen molar-refractivity contribution >= 4 is 11.8 Å². The number of hydrogen-bond acceptors (Lipinski definition) is 3. The maximum absolute atomic E-state index is 13.3. The van der Waals surface area contributed by atoms with Gasteiger partial charge < -0.3 is 14.5 Å². The molecule has 2 bridgehead atoms. The second-order valence-corrected chi connectivity index (χ2v) is 8.27. The molecular formula is C22H28N2O3. The highest BCUT2D eigenvalue weighted by atomic mass is 16.5. The van der Waals surface area contributed by atoms with Gasteiger partial charge in [-0.1, -0.05) is 37.3 Å². The fourth-order valence-corrected chi connectivity index (χ4v) is 4.82. The van der Waals surface area contributed by atoms with Crippen molar-refractivity contribution in [3.05, 3.63) is 47.0 Å². The Morgan fingerprint density at radius 2 is 2.11 bits per heavy atom. The summed E-state index contributed by atoms with van der Waals surface area (Å²) < 4.78 is 6.21. The Morgan fingerprint density at radius 3 is 2.81 bits per heavy atom. The van der Waals surface area contributed by atoms with Crippen molar-refractivity contribution in [3.8, 4) is 0 Å². The summed E-state index contributed by atoms with van der Waals surface area (Å²) in [4.78, 5) is 29.9. The van der Waals surface area contributed by atoms with Gasteiger partial charge in [0, 0.05) is 20.1 Å². The summed E-state index contributed by atoms with van der Waals surface area (Å²) in [6.07, 6.45) is 4.63. The lowest BCUT2D eigenvalue weighted by molar-refractivity contribution is -0.142. The van der Waals surface area contributed by atoms with E-state index in [1.54, 1.807) is 4.90 Å². The maximum atomic E-state index is 13.3. The van der Waals surface area contributed by atoms with Gasteiger partial charge in [-0.05, 0) is 37.0 Å². The number of carbonyl (C=O) groups is 2. The number of carbonyl (C=O) groups excluding carboxylic acids is 2. The number of rotatable bonds is 5.